The number of nitrogens with zero attached hydrogens (tertiary/aromatic N) is 1. The van der Waals surface area contributed by atoms with Gasteiger partial charge in [-0.25, -0.2) is 9.37 Å². The molecule has 1 fully saturated rings. The standard InChI is InChI=1S/C15H14BrFN2OS/c16-11-5-4-10(12(17)7-11)6-14(20)19-15-18-8-13(21-15)9-2-1-3-9/h4-5,7-9H,1-3,6H2,(H,18,19,20). The summed E-state index contributed by atoms with van der Waals surface area (Å²) < 4.78 is 14.4. The zero-order chi connectivity index (χ0) is 14.8. The van der Waals surface area contributed by atoms with Gasteiger partial charge in [-0.1, -0.05) is 28.4 Å². The van der Waals surface area contributed by atoms with Crippen molar-refractivity contribution >= 4 is 38.3 Å². The van der Waals surface area contributed by atoms with E-state index in [9.17, 15) is 9.18 Å². The van der Waals surface area contributed by atoms with E-state index in [4.69, 9.17) is 0 Å². The van der Waals surface area contributed by atoms with Gasteiger partial charge in [0.2, 0.25) is 5.91 Å². The van der Waals surface area contributed by atoms with Gasteiger partial charge in [-0.3, -0.25) is 4.79 Å². The van der Waals surface area contributed by atoms with Crippen LogP contribution in [0.5, 0.6) is 0 Å². The van der Waals surface area contributed by atoms with E-state index >= 15 is 0 Å². The number of nitrogens with one attached hydrogen (secondary N) is 1. The van der Waals surface area contributed by atoms with Crippen LogP contribution in [0.25, 0.3) is 0 Å². The van der Waals surface area contributed by atoms with Gasteiger partial charge in [0, 0.05) is 15.5 Å². The van der Waals surface area contributed by atoms with Crippen molar-refractivity contribution in [3.63, 3.8) is 0 Å². The normalized spacial score (nSPS) is 14.8. The first-order valence-electron chi connectivity index (χ1n) is 6.81. The quantitative estimate of drug-likeness (QED) is 0.863. The predicted molar refractivity (Wildman–Crippen MR) is 85.1 cm³/mol. The third-order valence-corrected chi connectivity index (χ3v) is 5.21. The first-order chi connectivity index (χ1) is 10.1. The lowest BCUT2D eigenvalue weighted by atomic mass is 9.85. The van der Waals surface area contributed by atoms with Crippen molar-refractivity contribution in [2.45, 2.75) is 31.6 Å². The van der Waals surface area contributed by atoms with Crippen molar-refractivity contribution in [2.75, 3.05) is 5.32 Å². The first-order valence-corrected chi connectivity index (χ1v) is 8.42. The summed E-state index contributed by atoms with van der Waals surface area (Å²) in [5.41, 5.74) is 0.381. The van der Waals surface area contributed by atoms with Gasteiger partial charge in [0.15, 0.2) is 5.13 Å². The highest BCUT2D eigenvalue weighted by atomic mass is 79.9. The maximum atomic E-state index is 13.7. The van der Waals surface area contributed by atoms with Crippen LogP contribution >= 0.6 is 27.3 Å². The van der Waals surface area contributed by atoms with Crippen LogP contribution in [0, 0.1) is 5.82 Å². The van der Waals surface area contributed by atoms with E-state index in [0.717, 1.165) is 0 Å². The Morgan fingerprint density at radius 3 is 2.95 bits per heavy atom. The molecule has 1 aliphatic rings. The van der Waals surface area contributed by atoms with Crippen LogP contribution in [0.1, 0.15) is 35.6 Å². The molecule has 0 unspecified atom stereocenters. The fourth-order valence-corrected chi connectivity index (χ4v) is 3.56. The number of benzene rings is 1. The number of amides is 1. The molecule has 1 heterocycles. The van der Waals surface area contributed by atoms with Crippen LogP contribution < -0.4 is 5.32 Å². The van der Waals surface area contributed by atoms with Crippen molar-refractivity contribution < 1.29 is 9.18 Å². The molecule has 1 aromatic carbocycles. The fraction of sp³-hybridized carbons (Fsp3) is 0.333. The number of rotatable bonds is 4. The minimum atomic E-state index is -0.381. The van der Waals surface area contributed by atoms with Crippen molar-refractivity contribution in [3.8, 4) is 0 Å². The molecule has 0 spiro atoms. The number of carbonyl (C=O) groups is 1. The second kappa shape index (κ2) is 6.23. The summed E-state index contributed by atoms with van der Waals surface area (Å²) >= 11 is 4.71. The third kappa shape index (κ3) is 3.49. The Bertz CT molecular complexity index is 669. The Morgan fingerprint density at radius 2 is 2.29 bits per heavy atom. The van der Waals surface area contributed by atoms with Gasteiger partial charge in [0.1, 0.15) is 5.82 Å². The largest absolute Gasteiger partial charge is 0.302 e. The van der Waals surface area contributed by atoms with Crippen molar-refractivity contribution in [2.24, 2.45) is 0 Å². The van der Waals surface area contributed by atoms with Gasteiger partial charge in [-0.15, -0.1) is 11.3 Å². The minimum absolute atomic E-state index is 0.0114. The molecule has 6 heteroatoms. The van der Waals surface area contributed by atoms with Gasteiger partial charge in [-0.05, 0) is 36.5 Å². The Balaban J connectivity index is 1.62. The third-order valence-electron chi connectivity index (χ3n) is 3.64. The van der Waals surface area contributed by atoms with E-state index in [1.165, 1.54) is 41.5 Å². The second-order valence-corrected chi connectivity index (χ2v) is 7.13. The molecule has 1 aliphatic carbocycles. The highest BCUT2D eigenvalue weighted by Gasteiger charge is 2.22. The lowest BCUT2D eigenvalue weighted by molar-refractivity contribution is -0.115. The minimum Gasteiger partial charge on any atom is -0.302 e. The number of aromatic nitrogens is 1. The van der Waals surface area contributed by atoms with Gasteiger partial charge < -0.3 is 5.32 Å². The Labute approximate surface area is 134 Å². The number of hydrogen-bond acceptors (Lipinski definition) is 3. The van der Waals surface area contributed by atoms with E-state index in [0.29, 0.717) is 21.1 Å². The Hall–Kier alpha value is -1.27. The number of anilines is 1. The average molecular weight is 369 g/mol. The molecule has 0 atom stereocenters. The number of halogens is 2. The Kier molecular flexibility index (Phi) is 4.35. The molecule has 0 aliphatic heterocycles. The maximum absolute atomic E-state index is 13.7. The number of thiazole rings is 1. The van der Waals surface area contributed by atoms with Crippen LogP contribution in [0.4, 0.5) is 9.52 Å². The van der Waals surface area contributed by atoms with Crippen LogP contribution in [-0.2, 0) is 11.2 Å². The highest BCUT2D eigenvalue weighted by molar-refractivity contribution is 9.10. The smallest absolute Gasteiger partial charge is 0.230 e. The topological polar surface area (TPSA) is 42.0 Å². The molecule has 0 bridgehead atoms. The van der Waals surface area contributed by atoms with Crippen LogP contribution in [0.15, 0.2) is 28.9 Å². The molecule has 0 saturated heterocycles. The van der Waals surface area contributed by atoms with Crippen molar-refractivity contribution in [3.05, 3.63) is 45.1 Å². The van der Waals surface area contributed by atoms with Gasteiger partial charge >= 0.3 is 0 Å². The monoisotopic (exact) mass is 368 g/mol. The molecule has 21 heavy (non-hydrogen) atoms. The fourth-order valence-electron chi connectivity index (χ4n) is 2.23. The van der Waals surface area contributed by atoms with E-state index in [1.54, 1.807) is 12.1 Å². The summed E-state index contributed by atoms with van der Waals surface area (Å²) in [5, 5.41) is 3.34. The summed E-state index contributed by atoms with van der Waals surface area (Å²) in [6.07, 6.45) is 5.54. The summed E-state index contributed by atoms with van der Waals surface area (Å²) in [5.74, 6) is -0.0170. The molecule has 3 rings (SSSR count). The summed E-state index contributed by atoms with van der Waals surface area (Å²) in [7, 11) is 0. The summed E-state index contributed by atoms with van der Waals surface area (Å²) in [4.78, 5) is 17.4. The molecule has 0 radical (unpaired) electrons. The second-order valence-electron chi connectivity index (χ2n) is 5.16. The molecular formula is C15H14BrFN2OS. The molecular weight excluding hydrogens is 355 g/mol. The van der Waals surface area contributed by atoms with Crippen LogP contribution in [-0.4, -0.2) is 10.9 Å². The van der Waals surface area contributed by atoms with Gasteiger partial charge in [-0.2, -0.15) is 0 Å². The lowest BCUT2D eigenvalue weighted by Crippen LogP contribution is -2.15. The van der Waals surface area contributed by atoms with Crippen LogP contribution in [0.3, 0.4) is 0 Å². The molecule has 110 valence electrons. The number of carbonyl (C=O) groups excluding carboxylic acids is 1. The Morgan fingerprint density at radius 1 is 1.48 bits per heavy atom. The SMILES string of the molecule is O=C(Cc1ccc(Br)cc1F)Nc1ncc(C2CCC2)s1. The van der Waals surface area contributed by atoms with E-state index in [1.807, 2.05) is 6.20 Å². The first kappa shape index (κ1) is 14.7. The van der Waals surface area contributed by atoms with Gasteiger partial charge in [0.25, 0.3) is 0 Å². The van der Waals surface area contributed by atoms with E-state index in [2.05, 4.69) is 26.2 Å². The molecule has 1 aromatic heterocycles. The van der Waals surface area contributed by atoms with Crippen molar-refractivity contribution in [1.29, 1.82) is 0 Å². The number of hydrogen-bond donors (Lipinski definition) is 1. The average Bonchev–Trinajstić information content (AvgIpc) is 2.78. The molecule has 1 N–H and O–H groups in total. The lowest BCUT2D eigenvalue weighted by Gasteiger charge is -2.23. The summed E-state index contributed by atoms with van der Waals surface area (Å²) in [6.45, 7) is 0. The predicted octanol–water partition coefficient (Wildman–Crippen LogP) is 4.49. The van der Waals surface area contributed by atoms with Gasteiger partial charge in [0.05, 0.1) is 6.42 Å². The maximum Gasteiger partial charge on any atom is 0.230 e. The van der Waals surface area contributed by atoms with Crippen LogP contribution in [0.2, 0.25) is 0 Å². The molecule has 2 aromatic rings. The highest BCUT2D eigenvalue weighted by Crippen LogP contribution is 2.39. The molecule has 1 saturated carbocycles. The van der Waals surface area contributed by atoms with Crippen molar-refractivity contribution in [1.82, 2.24) is 4.98 Å². The molecule has 1 amide bonds. The summed E-state index contributed by atoms with van der Waals surface area (Å²) in [6, 6.07) is 4.70. The zero-order valence-electron chi connectivity index (χ0n) is 11.2. The van der Waals surface area contributed by atoms with E-state index < -0.39 is 0 Å². The molecule has 3 nitrogen and oxygen atoms in total. The zero-order valence-corrected chi connectivity index (χ0v) is 13.6. The van der Waals surface area contributed by atoms with E-state index in [-0.39, 0.29) is 18.1 Å².